The lowest BCUT2D eigenvalue weighted by Gasteiger charge is -2.73. The molecule has 5 fully saturated rings. The molecule has 5 aliphatic carbocycles. The molecule has 0 bridgehead atoms. The molecule has 5 saturated carbocycles. The highest BCUT2D eigenvalue weighted by Gasteiger charge is 2.75. The average Bonchev–Trinajstić information content (AvgIpc) is 2.97. The van der Waals surface area contributed by atoms with Crippen molar-refractivity contribution in [2.45, 2.75) is 110 Å². The Balaban J connectivity index is 1.34. The number of Topliss-reactive ketones (excluding diaryl/α,β-unsaturated/α-hetero) is 1. The minimum absolute atomic E-state index is 0.0182. The summed E-state index contributed by atoms with van der Waals surface area (Å²) in [7, 11) is 0. The first-order valence-corrected chi connectivity index (χ1v) is 16.7. The van der Waals surface area contributed by atoms with Gasteiger partial charge >= 0.3 is 11.9 Å². The molecule has 5 N–H and O–H groups in total. The maximum atomic E-state index is 14.1. The van der Waals surface area contributed by atoms with E-state index in [2.05, 4.69) is 20.8 Å². The molecule has 0 aromatic heterocycles. The molecule has 1 aromatic carbocycles. The van der Waals surface area contributed by atoms with E-state index in [1.807, 2.05) is 0 Å². The van der Waals surface area contributed by atoms with Gasteiger partial charge in [0, 0.05) is 23.2 Å². The van der Waals surface area contributed by atoms with Crippen LogP contribution in [0.2, 0.25) is 0 Å². The van der Waals surface area contributed by atoms with E-state index in [0.717, 1.165) is 6.42 Å². The summed E-state index contributed by atoms with van der Waals surface area (Å²) < 4.78 is 5.94. The summed E-state index contributed by atoms with van der Waals surface area (Å²) in [6.07, 6.45) is 2.89. The van der Waals surface area contributed by atoms with Gasteiger partial charge in [-0.25, -0.2) is 4.79 Å². The molecule has 12 atom stereocenters. The minimum Gasteiger partial charge on any atom is -0.508 e. The van der Waals surface area contributed by atoms with E-state index in [1.165, 1.54) is 24.3 Å². The smallest absolute Gasteiger partial charge is 0.338 e. The van der Waals surface area contributed by atoms with E-state index in [1.54, 1.807) is 13.8 Å². The Hall–Kier alpha value is -2.49. The van der Waals surface area contributed by atoms with Crippen LogP contribution in [0.25, 0.3) is 0 Å². The molecule has 9 nitrogen and oxygen atoms in total. The molecule has 248 valence electrons. The Morgan fingerprint density at radius 2 is 1.49 bits per heavy atom. The van der Waals surface area contributed by atoms with Gasteiger partial charge in [0.15, 0.2) is 0 Å². The third-order valence-electron chi connectivity index (χ3n) is 14.7. The van der Waals surface area contributed by atoms with E-state index < -0.39 is 62.7 Å². The highest BCUT2D eigenvalue weighted by Crippen LogP contribution is 2.75. The number of phenols is 1. The average molecular weight is 627 g/mol. The Morgan fingerprint density at radius 3 is 2.11 bits per heavy atom. The monoisotopic (exact) mass is 626 g/mol. The van der Waals surface area contributed by atoms with Crippen LogP contribution < -0.4 is 0 Å². The van der Waals surface area contributed by atoms with Crippen LogP contribution in [-0.2, 0) is 14.3 Å². The van der Waals surface area contributed by atoms with Crippen LogP contribution in [-0.4, -0.2) is 67.7 Å². The predicted octanol–water partition coefficient (Wildman–Crippen LogP) is 4.73. The third kappa shape index (κ3) is 4.11. The summed E-state index contributed by atoms with van der Waals surface area (Å²) in [5.41, 5.74) is -5.09. The second-order valence-corrected chi connectivity index (χ2v) is 16.5. The number of hydrogen-bond donors (Lipinski definition) is 5. The van der Waals surface area contributed by atoms with E-state index in [4.69, 9.17) is 4.74 Å². The van der Waals surface area contributed by atoms with Crippen molar-refractivity contribution in [1.82, 2.24) is 0 Å². The fourth-order valence-electron chi connectivity index (χ4n) is 12.4. The Morgan fingerprint density at radius 1 is 0.867 bits per heavy atom. The molecule has 0 saturated heterocycles. The summed E-state index contributed by atoms with van der Waals surface area (Å²) in [6, 6.07) is 5.71. The number of carbonyl (C=O) groups is 3. The molecule has 0 spiro atoms. The van der Waals surface area contributed by atoms with Gasteiger partial charge < -0.3 is 30.3 Å². The van der Waals surface area contributed by atoms with Crippen molar-refractivity contribution in [1.29, 1.82) is 0 Å². The summed E-state index contributed by atoms with van der Waals surface area (Å²) in [6.45, 7) is 9.56. The van der Waals surface area contributed by atoms with Crippen LogP contribution in [0, 0.1) is 50.7 Å². The van der Waals surface area contributed by atoms with Crippen molar-refractivity contribution < 1.29 is 44.7 Å². The van der Waals surface area contributed by atoms with Crippen LogP contribution in [0.4, 0.5) is 0 Å². The number of aliphatic hydroxyl groups is 3. The number of aromatic hydroxyl groups is 1. The second-order valence-electron chi connectivity index (χ2n) is 16.5. The fourth-order valence-corrected chi connectivity index (χ4v) is 12.4. The zero-order valence-electron chi connectivity index (χ0n) is 27.2. The molecular weight excluding hydrogens is 576 g/mol. The SMILES string of the molecule is C[C@]12CC[C@@H](OC(=O)c3ccc(O)cc3)[C@](C)(C(=O)O)[C@@H]1CC[C@]1(C)[C@@H]2CC[C@@H]2[C@@]3(C)CC[C@@H](O)[C@](C)(CO)[C@@H]3C(=O)C[C@]21O. The van der Waals surface area contributed by atoms with Crippen molar-refractivity contribution in [3.8, 4) is 5.75 Å². The molecular formula is C36H50O9. The van der Waals surface area contributed by atoms with Crippen molar-refractivity contribution in [2.75, 3.05) is 6.61 Å². The number of aliphatic hydroxyl groups excluding tert-OH is 2. The minimum atomic E-state index is -1.36. The number of carbonyl (C=O) groups excluding carboxylic acids is 2. The van der Waals surface area contributed by atoms with Crippen molar-refractivity contribution >= 4 is 17.7 Å². The first-order chi connectivity index (χ1) is 20.9. The lowest BCUT2D eigenvalue weighted by atomic mass is 9.32. The Kier molecular flexibility index (Phi) is 7.39. The molecule has 6 rings (SSSR count). The number of phenolic OH excluding ortho intramolecular Hbond substituents is 1. The van der Waals surface area contributed by atoms with E-state index in [0.29, 0.717) is 44.9 Å². The molecule has 45 heavy (non-hydrogen) atoms. The number of carboxylic acid groups (broad SMARTS) is 1. The molecule has 1 aromatic rings. The van der Waals surface area contributed by atoms with Crippen LogP contribution in [0.15, 0.2) is 24.3 Å². The number of benzene rings is 1. The van der Waals surface area contributed by atoms with Gasteiger partial charge in [-0.05, 0) is 111 Å². The fraction of sp³-hybridized carbons (Fsp3) is 0.750. The van der Waals surface area contributed by atoms with Gasteiger partial charge in [-0.3, -0.25) is 9.59 Å². The van der Waals surface area contributed by atoms with Crippen LogP contribution in [0.1, 0.15) is 103 Å². The molecule has 0 amide bonds. The molecule has 0 aliphatic heterocycles. The number of esters is 1. The van der Waals surface area contributed by atoms with Crippen LogP contribution in [0.5, 0.6) is 5.75 Å². The van der Waals surface area contributed by atoms with Crippen molar-refractivity contribution in [3.63, 3.8) is 0 Å². The highest BCUT2D eigenvalue weighted by molar-refractivity contribution is 5.90. The molecule has 0 heterocycles. The zero-order valence-corrected chi connectivity index (χ0v) is 27.2. The number of fused-ring (bicyclic) bond motifs is 7. The Bertz CT molecular complexity index is 1390. The summed E-state index contributed by atoms with van der Waals surface area (Å²) >= 11 is 0. The van der Waals surface area contributed by atoms with Crippen molar-refractivity contribution in [2.24, 2.45) is 50.7 Å². The second kappa shape index (κ2) is 10.3. The third-order valence-corrected chi connectivity index (χ3v) is 14.7. The highest BCUT2D eigenvalue weighted by atomic mass is 16.5. The first-order valence-electron chi connectivity index (χ1n) is 16.7. The summed E-state index contributed by atoms with van der Waals surface area (Å²) in [4.78, 5) is 40.4. The summed E-state index contributed by atoms with van der Waals surface area (Å²) in [5.74, 6) is -2.83. The van der Waals surface area contributed by atoms with E-state index in [9.17, 15) is 39.9 Å². The van der Waals surface area contributed by atoms with Gasteiger partial charge in [-0.15, -0.1) is 0 Å². The number of hydrogen-bond acceptors (Lipinski definition) is 8. The van der Waals surface area contributed by atoms with Gasteiger partial charge in [-0.2, -0.15) is 0 Å². The Labute approximate surface area is 265 Å². The van der Waals surface area contributed by atoms with E-state index in [-0.39, 0.29) is 47.9 Å². The van der Waals surface area contributed by atoms with Gasteiger partial charge in [0.2, 0.25) is 0 Å². The quantitative estimate of drug-likeness (QED) is 0.298. The largest absolute Gasteiger partial charge is 0.508 e. The standard InChI is InChI=1S/C36H50O9/c1-31-16-14-27(45-29(41)20-6-8-21(38)9-7-20)35(5,30(42)43)24(31)12-17-34(4)23(31)10-11-25-32(2)15-13-26(40)33(3,19-37)28(32)22(39)18-36(25,34)44/h6-9,23-28,37-38,40,44H,10-19H2,1-5H3,(H,42,43)/t23-,24-,25-,26-,27-,28-,31-,32-,33+,34-,35-,36+/m1/s1. The van der Waals surface area contributed by atoms with Crippen molar-refractivity contribution in [3.05, 3.63) is 29.8 Å². The van der Waals surface area contributed by atoms with Gasteiger partial charge in [0.25, 0.3) is 0 Å². The number of carboxylic acids is 1. The number of ether oxygens (including phenoxy) is 1. The topological polar surface area (TPSA) is 162 Å². The first kappa shape index (κ1) is 32.5. The van der Waals surface area contributed by atoms with Gasteiger partial charge in [0.05, 0.1) is 23.9 Å². The molecule has 9 heteroatoms. The number of aliphatic carboxylic acids is 1. The molecule has 0 unspecified atom stereocenters. The number of rotatable bonds is 4. The normalized spacial score (nSPS) is 49.1. The van der Waals surface area contributed by atoms with E-state index >= 15 is 0 Å². The van der Waals surface area contributed by atoms with Gasteiger partial charge in [-0.1, -0.05) is 27.7 Å². The molecule has 5 aliphatic rings. The summed E-state index contributed by atoms with van der Waals surface area (Å²) in [5, 5.41) is 54.7. The van der Waals surface area contributed by atoms with Gasteiger partial charge in [0.1, 0.15) is 23.1 Å². The number of ketones is 1. The maximum absolute atomic E-state index is 14.1. The maximum Gasteiger partial charge on any atom is 0.338 e. The predicted molar refractivity (Wildman–Crippen MR) is 164 cm³/mol. The zero-order chi connectivity index (χ0) is 33.0. The molecule has 0 radical (unpaired) electrons. The lowest BCUT2D eigenvalue weighted by Crippen LogP contribution is -2.75. The lowest BCUT2D eigenvalue weighted by molar-refractivity contribution is -0.293. The van der Waals surface area contributed by atoms with Crippen LogP contribution >= 0.6 is 0 Å². The van der Waals surface area contributed by atoms with Crippen LogP contribution in [0.3, 0.4) is 0 Å².